The zero-order valence-electron chi connectivity index (χ0n) is 29.7. The van der Waals surface area contributed by atoms with Crippen LogP contribution >= 0.6 is 0 Å². The summed E-state index contributed by atoms with van der Waals surface area (Å²) in [5.41, 5.74) is 7.36. The van der Waals surface area contributed by atoms with Crippen molar-refractivity contribution in [3.63, 3.8) is 0 Å². The molecule has 12 atom stereocenters. The van der Waals surface area contributed by atoms with Crippen molar-refractivity contribution >= 4 is 5.97 Å². The van der Waals surface area contributed by atoms with Crippen LogP contribution < -0.4 is 5.73 Å². The molecule has 0 aromatic carbocycles. The number of aliphatic carboxylic acids is 1. The predicted molar refractivity (Wildman–Crippen MR) is 175 cm³/mol. The quantitative estimate of drug-likeness (QED) is 0.300. The van der Waals surface area contributed by atoms with Crippen molar-refractivity contribution in [3.05, 3.63) is 11.6 Å². The van der Waals surface area contributed by atoms with Gasteiger partial charge in [-0.3, -0.25) is 4.79 Å². The highest BCUT2D eigenvalue weighted by Crippen LogP contribution is 2.75. The smallest absolute Gasteiger partial charge is 0.307 e. The molecule has 3 N–H and O–H groups in total. The molecule has 0 amide bonds. The lowest BCUT2D eigenvalue weighted by Gasteiger charge is -2.71. The van der Waals surface area contributed by atoms with E-state index in [1.54, 1.807) is 5.57 Å². The highest BCUT2D eigenvalue weighted by Gasteiger charge is 2.71. The van der Waals surface area contributed by atoms with Crippen LogP contribution in [0, 0.1) is 68.0 Å². The van der Waals surface area contributed by atoms with Gasteiger partial charge >= 0.3 is 5.97 Å². The molecule has 5 rings (SSSR count). The standard InChI is InChI=1S/C38H65NO4/c1-23(2)25(4)33(8)17-18-35(10)26-13-14-28-34(9)20-42-22-38(28,27(26)15-16-36(35,11)29(33)31(40)41)19-24(3)30(34)43-21-37(12,39)32(5,6)7/h15,23-26,28-30H,13-14,16-22,39H2,1-12H3,(H,40,41)/t24-,25-,26+,28+,29-,30+,33-,34-,35-,36+,37+,38+/m1/s1. The van der Waals surface area contributed by atoms with E-state index in [0.717, 1.165) is 51.7 Å². The Hall–Kier alpha value is -0.910. The number of allylic oxidation sites excluding steroid dienone is 1. The van der Waals surface area contributed by atoms with Crippen LogP contribution in [0.3, 0.4) is 0 Å². The van der Waals surface area contributed by atoms with Gasteiger partial charge in [-0.25, -0.2) is 0 Å². The monoisotopic (exact) mass is 599 g/mol. The molecule has 5 heteroatoms. The zero-order chi connectivity index (χ0) is 32.2. The SMILES string of the molecule is CC(C)[C@@H](C)[C@@]1(C)CC[C@]2(C)[C@H]3CC[C@@H]4[C@@]5(COC[C@@]4(C)[C@@H](OC[C@](C)(N)C(C)(C)C)[C@H](C)C5)C3=CC[C@@]2(C)[C@@H]1C(=O)O. The summed E-state index contributed by atoms with van der Waals surface area (Å²) in [6.07, 6.45) is 8.99. The summed E-state index contributed by atoms with van der Waals surface area (Å²) >= 11 is 0. The maximum absolute atomic E-state index is 13.3. The summed E-state index contributed by atoms with van der Waals surface area (Å²) in [6, 6.07) is 0. The molecule has 4 aliphatic carbocycles. The van der Waals surface area contributed by atoms with Crippen LogP contribution in [-0.4, -0.2) is 42.5 Å². The number of rotatable bonds is 6. The van der Waals surface area contributed by atoms with Crippen molar-refractivity contribution in [1.29, 1.82) is 0 Å². The van der Waals surface area contributed by atoms with Crippen LogP contribution in [0.1, 0.15) is 122 Å². The molecule has 2 bridgehead atoms. The molecule has 3 saturated carbocycles. The van der Waals surface area contributed by atoms with Gasteiger partial charge in [-0.05, 0) is 96.7 Å². The van der Waals surface area contributed by atoms with Gasteiger partial charge in [0, 0.05) is 16.4 Å². The topological polar surface area (TPSA) is 81.8 Å². The minimum Gasteiger partial charge on any atom is -0.481 e. The lowest BCUT2D eigenvalue weighted by molar-refractivity contribution is -0.253. The van der Waals surface area contributed by atoms with Crippen molar-refractivity contribution in [2.45, 2.75) is 133 Å². The van der Waals surface area contributed by atoms with Gasteiger partial charge in [0.15, 0.2) is 0 Å². The lowest BCUT2D eigenvalue weighted by Crippen LogP contribution is -2.69. The predicted octanol–water partition coefficient (Wildman–Crippen LogP) is 8.36. The number of carboxylic acids is 1. The molecular formula is C38H65NO4. The Balaban J connectivity index is 1.52. The molecule has 246 valence electrons. The molecule has 5 aliphatic rings. The summed E-state index contributed by atoms with van der Waals surface area (Å²) in [6.45, 7) is 29.6. The first-order valence-electron chi connectivity index (χ1n) is 17.5. The number of carboxylic acid groups (broad SMARTS) is 1. The average molecular weight is 600 g/mol. The third kappa shape index (κ3) is 4.50. The molecule has 1 aliphatic heterocycles. The van der Waals surface area contributed by atoms with Crippen LogP contribution in [0.15, 0.2) is 11.6 Å². The minimum atomic E-state index is -0.589. The first-order valence-corrected chi connectivity index (χ1v) is 17.5. The second kappa shape index (κ2) is 10.3. The van der Waals surface area contributed by atoms with Gasteiger partial charge in [0.1, 0.15) is 0 Å². The maximum atomic E-state index is 13.3. The molecule has 43 heavy (non-hydrogen) atoms. The van der Waals surface area contributed by atoms with Crippen molar-refractivity contribution in [3.8, 4) is 0 Å². The van der Waals surface area contributed by atoms with Crippen LogP contribution in [0.4, 0.5) is 0 Å². The third-order valence-corrected chi connectivity index (χ3v) is 15.6. The van der Waals surface area contributed by atoms with Crippen molar-refractivity contribution in [2.24, 2.45) is 73.7 Å². The average Bonchev–Trinajstić information content (AvgIpc) is 2.87. The van der Waals surface area contributed by atoms with Gasteiger partial charge in [-0.2, -0.15) is 0 Å². The van der Waals surface area contributed by atoms with E-state index in [1.807, 2.05) is 0 Å². The van der Waals surface area contributed by atoms with E-state index in [2.05, 4.69) is 89.2 Å². The molecule has 1 saturated heterocycles. The molecule has 1 heterocycles. The molecule has 0 radical (unpaired) electrons. The summed E-state index contributed by atoms with van der Waals surface area (Å²) < 4.78 is 13.5. The fourth-order valence-corrected chi connectivity index (χ4v) is 11.9. The number of hydrogen-bond acceptors (Lipinski definition) is 4. The Kier molecular flexibility index (Phi) is 8.01. The van der Waals surface area contributed by atoms with Crippen molar-refractivity contribution in [1.82, 2.24) is 0 Å². The van der Waals surface area contributed by atoms with E-state index in [-0.39, 0.29) is 44.5 Å². The van der Waals surface area contributed by atoms with E-state index in [0.29, 0.717) is 36.2 Å². The Morgan fingerprint density at radius 2 is 1.72 bits per heavy atom. The minimum absolute atomic E-state index is 0.0142. The molecule has 0 aromatic rings. The highest BCUT2D eigenvalue weighted by atomic mass is 16.5. The summed E-state index contributed by atoms with van der Waals surface area (Å²) in [7, 11) is 0. The number of fused-ring (bicyclic) bond motifs is 3. The Morgan fingerprint density at radius 1 is 1.07 bits per heavy atom. The summed E-state index contributed by atoms with van der Waals surface area (Å²) in [5.74, 6) is 1.19. The van der Waals surface area contributed by atoms with Gasteiger partial charge in [0.2, 0.25) is 0 Å². The fraction of sp³-hybridized carbons (Fsp3) is 0.921. The molecule has 0 aromatic heterocycles. The molecular weight excluding hydrogens is 534 g/mol. The van der Waals surface area contributed by atoms with Gasteiger partial charge in [-0.1, -0.05) is 87.8 Å². The second-order valence-corrected chi connectivity index (χ2v) is 18.9. The first-order chi connectivity index (χ1) is 19.6. The Bertz CT molecular complexity index is 1140. The van der Waals surface area contributed by atoms with Crippen LogP contribution in [-0.2, 0) is 14.3 Å². The van der Waals surface area contributed by atoms with Crippen molar-refractivity contribution in [2.75, 3.05) is 19.8 Å². The number of hydrogen-bond donors (Lipinski definition) is 2. The maximum Gasteiger partial charge on any atom is 0.307 e. The van der Waals surface area contributed by atoms with Gasteiger partial charge < -0.3 is 20.3 Å². The summed E-state index contributed by atoms with van der Waals surface area (Å²) in [4.78, 5) is 13.3. The van der Waals surface area contributed by atoms with Gasteiger partial charge in [-0.15, -0.1) is 0 Å². The Labute approximate surface area is 263 Å². The molecule has 4 fully saturated rings. The lowest BCUT2D eigenvalue weighted by atomic mass is 9.34. The normalized spacial score (nSPS) is 48.3. The van der Waals surface area contributed by atoms with Gasteiger partial charge in [0.25, 0.3) is 0 Å². The fourth-order valence-electron chi connectivity index (χ4n) is 11.9. The van der Waals surface area contributed by atoms with Gasteiger partial charge in [0.05, 0.1) is 31.8 Å². The van der Waals surface area contributed by atoms with E-state index >= 15 is 0 Å². The van der Waals surface area contributed by atoms with Crippen LogP contribution in [0.25, 0.3) is 0 Å². The van der Waals surface area contributed by atoms with Crippen LogP contribution in [0.2, 0.25) is 0 Å². The summed E-state index contributed by atoms with van der Waals surface area (Å²) in [5, 5.41) is 10.9. The van der Waals surface area contributed by atoms with Crippen LogP contribution in [0.5, 0.6) is 0 Å². The highest BCUT2D eigenvalue weighted by molar-refractivity contribution is 5.73. The Morgan fingerprint density at radius 3 is 2.30 bits per heavy atom. The zero-order valence-corrected chi connectivity index (χ0v) is 29.7. The molecule has 0 unspecified atom stereocenters. The number of carbonyl (C=O) groups is 1. The molecule has 0 spiro atoms. The first kappa shape index (κ1) is 33.5. The molecule has 5 nitrogen and oxygen atoms in total. The van der Waals surface area contributed by atoms with Crippen molar-refractivity contribution < 1.29 is 19.4 Å². The van der Waals surface area contributed by atoms with E-state index in [9.17, 15) is 9.90 Å². The second-order valence-electron chi connectivity index (χ2n) is 18.9. The van der Waals surface area contributed by atoms with E-state index < -0.39 is 11.5 Å². The largest absolute Gasteiger partial charge is 0.481 e. The van der Waals surface area contributed by atoms with E-state index in [1.165, 1.54) is 0 Å². The third-order valence-electron chi connectivity index (χ3n) is 15.6. The number of ether oxygens (including phenoxy) is 2. The van der Waals surface area contributed by atoms with E-state index in [4.69, 9.17) is 15.2 Å². The number of nitrogens with two attached hydrogens (primary N) is 1.